The van der Waals surface area contributed by atoms with E-state index in [2.05, 4.69) is 10.1 Å². The fraction of sp³-hybridized carbons (Fsp3) is 0.467. The second-order valence-electron chi connectivity index (χ2n) is 5.09. The quantitative estimate of drug-likeness (QED) is 0.838. The van der Waals surface area contributed by atoms with Crippen molar-refractivity contribution in [1.82, 2.24) is 5.32 Å². The summed E-state index contributed by atoms with van der Waals surface area (Å²) in [5.74, 6) is 0.00122. The molecule has 0 saturated heterocycles. The average molecular weight is 332 g/mol. The minimum absolute atomic E-state index is 0.0126. The van der Waals surface area contributed by atoms with Gasteiger partial charge < -0.3 is 24.8 Å². The highest BCUT2D eigenvalue weighted by atomic mass is 19.4. The third kappa shape index (κ3) is 4.44. The van der Waals surface area contributed by atoms with Crippen molar-refractivity contribution < 1.29 is 27.8 Å². The van der Waals surface area contributed by atoms with Crippen molar-refractivity contribution in [3.63, 3.8) is 0 Å². The lowest BCUT2D eigenvalue weighted by Crippen LogP contribution is -2.21. The molecule has 0 atom stereocenters. The normalized spacial score (nSPS) is 14.7. The Kier molecular flexibility index (Phi) is 5.25. The summed E-state index contributed by atoms with van der Waals surface area (Å²) in [6.45, 7) is 2.61. The number of methoxy groups -OCH3 is 1. The third-order valence-electron chi connectivity index (χ3n) is 3.39. The molecule has 128 valence electrons. The van der Waals surface area contributed by atoms with E-state index in [1.54, 1.807) is 24.1 Å². The van der Waals surface area contributed by atoms with Gasteiger partial charge in [-0.25, -0.2) is 0 Å². The Hall–Kier alpha value is -2.09. The minimum atomic E-state index is -4.78. The van der Waals surface area contributed by atoms with Gasteiger partial charge in [0.2, 0.25) is 0 Å². The van der Waals surface area contributed by atoms with Crippen LogP contribution in [0.15, 0.2) is 24.0 Å². The number of anilines is 1. The Morgan fingerprint density at radius 3 is 2.70 bits per heavy atom. The zero-order chi connectivity index (χ0) is 17.0. The van der Waals surface area contributed by atoms with Crippen molar-refractivity contribution in [2.75, 3.05) is 31.7 Å². The van der Waals surface area contributed by atoms with Crippen molar-refractivity contribution in [1.29, 1.82) is 0 Å². The van der Waals surface area contributed by atoms with Crippen molar-refractivity contribution in [2.24, 2.45) is 0 Å². The fourth-order valence-electron chi connectivity index (χ4n) is 2.49. The largest absolute Gasteiger partial charge is 0.573 e. The van der Waals surface area contributed by atoms with Gasteiger partial charge in [-0.15, -0.1) is 13.2 Å². The summed E-state index contributed by atoms with van der Waals surface area (Å²) in [6.07, 6.45) is -2.40. The first-order valence-corrected chi connectivity index (χ1v) is 7.10. The maximum absolute atomic E-state index is 12.7. The maximum Gasteiger partial charge on any atom is 0.573 e. The Morgan fingerprint density at radius 2 is 2.09 bits per heavy atom. The number of hydrogen-bond donors (Lipinski definition) is 2. The number of alkyl halides is 3. The summed E-state index contributed by atoms with van der Waals surface area (Å²) in [5.41, 5.74) is 1.82. The summed E-state index contributed by atoms with van der Waals surface area (Å²) < 4.78 is 47.2. The lowest BCUT2D eigenvalue weighted by Gasteiger charge is -2.23. The van der Waals surface area contributed by atoms with Gasteiger partial charge in [0.1, 0.15) is 5.75 Å². The fourth-order valence-corrected chi connectivity index (χ4v) is 2.49. The molecule has 0 aromatic heterocycles. The van der Waals surface area contributed by atoms with E-state index in [1.165, 1.54) is 13.2 Å². The number of hydrogen-bond acceptors (Lipinski definition) is 5. The van der Waals surface area contributed by atoms with Gasteiger partial charge in [0, 0.05) is 37.5 Å². The molecule has 5 nitrogen and oxygen atoms in total. The number of benzene rings is 1. The van der Waals surface area contributed by atoms with Crippen LogP contribution in [-0.2, 0) is 0 Å². The third-order valence-corrected chi connectivity index (χ3v) is 3.39. The van der Waals surface area contributed by atoms with Gasteiger partial charge in [0.15, 0.2) is 5.75 Å². The molecule has 0 bridgehead atoms. The van der Waals surface area contributed by atoms with Crippen LogP contribution in [0.4, 0.5) is 18.9 Å². The highest BCUT2D eigenvalue weighted by Gasteiger charge is 2.34. The molecule has 2 N–H and O–H groups in total. The molecule has 0 unspecified atom stereocenters. The van der Waals surface area contributed by atoms with Gasteiger partial charge in [0.25, 0.3) is 0 Å². The van der Waals surface area contributed by atoms with Crippen LogP contribution in [0.25, 0.3) is 0 Å². The molecule has 1 aliphatic rings. The topological polar surface area (TPSA) is 54.0 Å². The Morgan fingerprint density at radius 1 is 1.35 bits per heavy atom. The molecular formula is C15H19F3N2O3. The van der Waals surface area contributed by atoms with Crippen molar-refractivity contribution in [3.05, 3.63) is 29.6 Å². The van der Waals surface area contributed by atoms with Crippen LogP contribution in [0, 0.1) is 6.92 Å². The molecule has 0 saturated carbocycles. The Labute approximate surface area is 132 Å². The number of halogens is 3. The van der Waals surface area contributed by atoms with E-state index in [0.717, 1.165) is 5.70 Å². The highest BCUT2D eigenvalue weighted by molar-refractivity contribution is 5.68. The van der Waals surface area contributed by atoms with Crippen LogP contribution in [-0.4, -0.2) is 38.3 Å². The number of nitrogens with zero attached hydrogens (tertiary/aromatic N) is 1. The molecule has 2 rings (SSSR count). The van der Waals surface area contributed by atoms with Crippen LogP contribution in [0.3, 0.4) is 0 Å². The van der Waals surface area contributed by atoms with E-state index in [-0.39, 0.29) is 12.4 Å². The van der Waals surface area contributed by atoms with Crippen molar-refractivity contribution in [3.8, 4) is 11.5 Å². The number of rotatable bonds is 6. The molecular weight excluding hydrogens is 313 g/mol. The molecule has 0 spiro atoms. The SMILES string of the molecule is COc1cc(C)c(N2C=C(NCCO)CC2)c(OC(F)(F)F)c1. The second-order valence-corrected chi connectivity index (χ2v) is 5.09. The second kappa shape index (κ2) is 6.99. The van der Waals surface area contributed by atoms with E-state index in [0.29, 0.717) is 36.5 Å². The van der Waals surface area contributed by atoms with E-state index in [4.69, 9.17) is 9.84 Å². The molecule has 0 radical (unpaired) electrons. The molecule has 8 heteroatoms. The highest BCUT2D eigenvalue weighted by Crippen LogP contribution is 2.40. The summed E-state index contributed by atoms with van der Waals surface area (Å²) >= 11 is 0. The standard InChI is InChI=1S/C15H19F3N2O3/c1-10-7-12(22-2)8-13(23-15(16,17)18)14(10)20-5-3-11(9-20)19-4-6-21/h7-9,19,21H,3-6H2,1-2H3. The summed E-state index contributed by atoms with van der Waals surface area (Å²) in [7, 11) is 1.39. The number of nitrogens with one attached hydrogen (secondary N) is 1. The van der Waals surface area contributed by atoms with Gasteiger partial charge in [-0.1, -0.05) is 0 Å². The molecule has 1 aliphatic heterocycles. The van der Waals surface area contributed by atoms with Gasteiger partial charge in [-0.05, 0) is 18.6 Å². The maximum atomic E-state index is 12.7. The molecule has 0 aliphatic carbocycles. The summed E-state index contributed by atoms with van der Waals surface area (Å²) in [5, 5.41) is 11.8. The first kappa shape index (κ1) is 17.3. The monoisotopic (exact) mass is 332 g/mol. The number of aliphatic hydroxyl groups excluding tert-OH is 1. The Bertz CT molecular complexity index is 588. The zero-order valence-corrected chi connectivity index (χ0v) is 12.9. The van der Waals surface area contributed by atoms with Crippen LogP contribution in [0.1, 0.15) is 12.0 Å². The van der Waals surface area contributed by atoms with Crippen LogP contribution < -0.4 is 19.7 Å². The van der Waals surface area contributed by atoms with Gasteiger partial charge in [0.05, 0.1) is 19.4 Å². The van der Waals surface area contributed by atoms with Gasteiger partial charge >= 0.3 is 6.36 Å². The van der Waals surface area contributed by atoms with Crippen molar-refractivity contribution in [2.45, 2.75) is 19.7 Å². The van der Waals surface area contributed by atoms with Crippen LogP contribution in [0.5, 0.6) is 11.5 Å². The first-order chi connectivity index (χ1) is 10.8. The predicted molar refractivity (Wildman–Crippen MR) is 79.5 cm³/mol. The summed E-state index contributed by atoms with van der Waals surface area (Å²) in [6, 6.07) is 2.88. The van der Waals surface area contributed by atoms with Gasteiger partial charge in [-0.3, -0.25) is 0 Å². The lowest BCUT2D eigenvalue weighted by molar-refractivity contribution is -0.274. The molecule has 0 amide bonds. The number of ether oxygens (including phenoxy) is 2. The molecule has 23 heavy (non-hydrogen) atoms. The number of aliphatic hydroxyl groups is 1. The van der Waals surface area contributed by atoms with E-state index >= 15 is 0 Å². The van der Waals surface area contributed by atoms with E-state index in [9.17, 15) is 13.2 Å². The summed E-state index contributed by atoms with van der Waals surface area (Å²) in [4.78, 5) is 1.70. The van der Waals surface area contributed by atoms with Gasteiger partial charge in [-0.2, -0.15) is 0 Å². The van der Waals surface area contributed by atoms with Crippen LogP contribution in [0.2, 0.25) is 0 Å². The predicted octanol–water partition coefficient (Wildman–Crippen LogP) is 2.54. The van der Waals surface area contributed by atoms with Crippen molar-refractivity contribution >= 4 is 5.69 Å². The zero-order valence-electron chi connectivity index (χ0n) is 12.9. The first-order valence-electron chi connectivity index (χ1n) is 7.10. The smallest absolute Gasteiger partial charge is 0.497 e. The molecule has 1 heterocycles. The van der Waals surface area contributed by atoms with E-state index in [1.807, 2.05) is 0 Å². The average Bonchev–Trinajstić information content (AvgIpc) is 2.91. The number of aryl methyl sites for hydroxylation is 1. The molecule has 1 aromatic carbocycles. The lowest BCUT2D eigenvalue weighted by atomic mass is 10.1. The Balaban J connectivity index is 2.35. The molecule has 0 fully saturated rings. The van der Waals surface area contributed by atoms with E-state index < -0.39 is 6.36 Å². The van der Waals surface area contributed by atoms with Crippen LogP contribution >= 0.6 is 0 Å². The minimum Gasteiger partial charge on any atom is -0.497 e. The molecule has 1 aromatic rings.